The van der Waals surface area contributed by atoms with Crippen molar-refractivity contribution in [2.24, 2.45) is 0 Å². The van der Waals surface area contributed by atoms with E-state index in [0.717, 1.165) is 32.7 Å². The van der Waals surface area contributed by atoms with Crippen LogP contribution in [0.5, 0.6) is 0 Å². The number of nitrogens with zero attached hydrogens (tertiary/aromatic N) is 2. The van der Waals surface area contributed by atoms with E-state index < -0.39 is 0 Å². The molecule has 2 heterocycles. The summed E-state index contributed by atoms with van der Waals surface area (Å²) in [4.78, 5) is 18.3. The zero-order valence-corrected chi connectivity index (χ0v) is 16.3. The van der Waals surface area contributed by atoms with E-state index in [2.05, 4.69) is 53.1 Å². The molecule has 0 atom stereocenters. The summed E-state index contributed by atoms with van der Waals surface area (Å²) in [5.74, 6) is 0. The van der Waals surface area contributed by atoms with Crippen LogP contribution in [0.15, 0.2) is 60.7 Å². The molecule has 0 N–H and O–H groups in total. The third kappa shape index (κ3) is 4.12. The van der Waals surface area contributed by atoms with Crippen LogP contribution in [0.4, 0.5) is 5.69 Å². The standard InChI is InChI=1S/C23H23N2OS/c1-18-6-11-23(27-18)22-5-3-2-4-20(22)16-24-12-14-25(15-13-24)21-9-7-19(17-26)8-10-21/h2-11H,12-16H2,1H3. The van der Waals surface area contributed by atoms with E-state index in [1.165, 1.54) is 26.6 Å². The Kier molecular flexibility index (Phi) is 5.37. The van der Waals surface area contributed by atoms with Gasteiger partial charge in [0.1, 0.15) is 0 Å². The highest BCUT2D eigenvalue weighted by Gasteiger charge is 2.18. The molecule has 27 heavy (non-hydrogen) atoms. The molecule has 137 valence electrons. The van der Waals surface area contributed by atoms with Crippen LogP contribution >= 0.6 is 11.3 Å². The molecule has 1 aliphatic heterocycles. The predicted octanol–water partition coefficient (Wildman–Crippen LogP) is 4.50. The van der Waals surface area contributed by atoms with Gasteiger partial charge in [0.25, 0.3) is 0 Å². The van der Waals surface area contributed by atoms with Gasteiger partial charge in [0.05, 0.1) is 0 Å². The molecule has 2 aromatic carbocycles. The molecule has 0 bridgehead atoms. The summed E-state index contributed by atoms with van der Waals surface area (Å²) >= 11 is 1.86. The van der Waals surface area contributed by atoms with Crippen LogP contribution in [0.1, 0.15) is 16.0 Å². The fourth-order valence-corrected chi connectivity index (χ4v) is 4.55. The molecule has 0 unspecified atom stereocenters. The van der Waals surface area contributed by atoms with Gasteiger partial charge in [-0.2, -0.15) is 0 Å². The van der Waals surface area contributed by atoms with Crippen molar-refractivity contribution in [1.82, 2.24) is 4.90 Å². The van der Waals surface area contributed by atoms with E-state index in [1.54, 1.807) is 0 Å². The fraction of sp³-hybridized carbons (Fsp3) is 0.261. The van der Waals surface area contributed by atoms with E-state index in [0.29, 0.717) is 5.56 Å². The van der Waals surface area contributed by atoms with Gasteiger partial charge in [0.15, 0.2) is 0 Å². The molecule has 0 spiro atoms. The molecule has 4 heteroatoms. The highest BCUT2D eigenvalue weighted by atomic mass is 32.1. The number of rotatable bonds is 5. The zero-order valence-electron chi connectivity index (χ0n) is 15.5. The molecular formula is C23H23N2OS. The van der Waals surface area contributed by atoms with Crippen molar-refractivity contribution in [3.63, 3.8) is 0 Å². The molecule has 3 nitrogen and oxygen atoms in total. The second-order valence-electron chi connectivity index (χ2n) is 6.98. The topological polar surface area (TPSA) is 23.6 Å². The Morgan fingerprint density at radius 1 is 0.926 bits per heavy atom. The lowest BCUT2D eigenvalue weighted by molar-refractivity contribution is 0.250. The lowest BCUT2D eigenvalue weighted by Crippen LogP contribution is -2.46. The summed E-state index contributed by atoms with van der Waals surface area (Å²) < 4.78 is 0. The second kappa shape index (κ2) is 8.07. The average molecular weight is 376 g/mol. The first kappa shape index (κ1) is 18.0. The van der Waals surface area contributed by atoms with Gasteiger partial charge in [-0.1, -0.05) is 24.3 Å². The monoisotopic (exact) mass is 375 g/mol. The van der Waals surface area contributed by atoms with E-state index >= 15 is 0 Å². The number of thiophene rings is 1. The Hall–Kier alpha value is -2.43. The molecule has 0 amide bonds. The molecule has 1 radical (unpaired) electrons. The predicted molar refractivity (Wildman–Crippen MR) is 113 cm³/mol. The van der Waals surface area contributed by atoms with Gasteiger partial charge in [-0.05, 0) is 54.4 Å². The minimum absolute atomic E-state index is 0.609. The lowest BCUT2D eigenvalue weighted by Gasteiger charge is -2.36. The van der Waals surface area contributed by atoms with Crippen LogP contribution in [-0.4, -0.2) is 37.4 Å². The number of aryl methyl sites for hydroxylation is 1. The molecule has 1 aliphatic rings. The Bertz CT molecular complexity index is 908. The fourth-order valence-electron chi connectivity index (χ4n) is 3.62. The van der Waals surface area contributed by atoms with Crippen molar-refractivity contribution in [3.8, 4) is 10.4 Å². The van der Waals surface area contributed by atoms with Crippen LogP contribution in [0.2, 0.25) is 0 Å². The van der Waals surface area contributed by atoms with Gasteiger partial charge in [-0.3, -0.25) is 9.69 Å². The van der Waals surface area contributed by atoms with Gasteiger partial charge in [0, 0.05) is 53.7 Å². The van der Waals surface area contributed by atoms with Gasteiger partial charge in [-0.25, -0.2) is 0 Å². The maximum absolute atomic E-state index is 10.7. The smallest absolute Gasteiger partial charge is 0.233 e. The van der Waals surface area contributed by atoms with Gasteiger partial charge >= 0.3 is 0 Å². The van der Waals surface area contributed by atoms with E-state index in [-0.39, 0.29) is 0 Å². The Labute approximate surface area is 164 Å². The summed E-state index contributed by atoms with van der Waals surface area (Å²) in [7, 11) is 0. The summed E-state index contributed by atoms with van der Waals surface area (Å²) in [6, 6.07) is 20.9. The summed E-state index contributed by atoms with van der Waals surface area (Å²) in [6.45, 7) is 7.24. The normalized spacial score (nSPS) is 15.1. The number of hydrogen-bond acceptors (Lipinski definition) is 4. The van der Waals surface area contributed by atoms with Crippen LogP contribution in [0, 0.1) is 6.92 Å². The van der Waals surface area contributed by atoms with Crippen molar-refractivity contribution in [2.45, 2.75) is 13.5 Å². The highest BCUT2D eigenvalue weighted by Crippen LogP contribution is 2.31. The molecule has 3 aromatic rings. The van der Waals surface area contributed by atoms with Crippen molar-refractivity contribution in [1.29, 1.82) is 0 Å². The molecule has 4 rings (SSSR count). The average Bonchev–Trinajstić information content (AvgIpc) is 3.15. The first-order chi connectivity index (χ1) is 13.2. The molecular weight excluding hydrogens is 352 g/mol. The number of benzene rings is 2. The van der Waals surface area contributed by atoms with Crippen molar-refractivity contribution < 1.29 is 4.79 Å². The van der Waals surface area contributed by atoms with E-state index in [1.807, 2.05) is 41.9 Å². The number of hydrogen-bond donors (Lipinski definition) is 0. The van der Waals surface area contributed by atoms with Crippen molar-refractivity contribution in [3.05, 3.63) is 76.7 Å². The maximum atomic E-state index is 10.7. The van der Waals surface area contributed by atoms with E-state index in [4.69, 9.17) is 0 Å². The van der Waals surface area contributed by atoms with Crippen molar-refractivity contribution in [2.75, 3.05) is 31.1 Å². The molecule has 1 fully saturated rings. The molecule has 1 aromatic heterocycles. The summed E-state index contributed by atoms with van der Waals surface area (Å²) in [5, 5.41) is 0. The number of carbonyl (C=O) groups excluding carboxylic acids is 1. The molecule has 1 saturated heterocycles. The minimum atomic E-state index is 0.609. The van der Waals surface area contributed by atoms with Crippen LogP contribution in [0.3, 0.4) is 0 Å². The third-order valence-corrected chi connectivity index (χ3v) is 6.17. The Morgan fingerprint density at radius 3 is 2.33 bits per heavy atom. The number of anilines is 1. The maximum Gasteiger partial charge on any atom is 0.233 e. The van der Waals surface area contributed by atoms with Crippen LogP contribution in [0.25, 0.3) is 10.4 Å². The first-order valence-electron chi connectivity index (χ1n) is 9.33. The van der Waals surface area contributed by atoms with Gasteiger partial charge < -0.3 is 4.90 Å². The lowest BCUT2D eigenvalue weighted by atomic mass is 10.1. The quantitative estimate of drug-likeness (QED) is 0.656. The molecule has 0 aliphatic carbocycles. The van der Waals surface area contributed by atoms with Crippen LogP contribution < -0.4 is 4.90 Å². The van der Waals surface area contributed by atoms with Gasteiger partial charge in [0.2, 0.25) is 6.29 Å². The Balaban J connectivity index is 1.41. The third-order valence-electron chi connectivity index (χ3n) is 5.14. The van der Waals surface area contributed by atoms with Crippen LogP contribution in [-0.2, 0) is 11.3 Å². The summed E-state index contributed by atoms with van der Waals surface area (Å²) in [5.41, 5.74) is 4.55. The first-order valence-corrected chi connectivity index (χ1v) is 10.1. The number of piperazine rings is 1. The zero-order chi connectivity index (χ0) is 18.6. The molecule has 0 saturated carbocycles. The Morgan fingerprint density at radius 2 is 1.67 bits per heavy atom. The largest absolute Gasteiger partial charge is 0.369 e. The minimum Gasteiger partial charge on any atom is -0.369 e. The SMILES string of the molecule is Cc1ccc(-c2ccccc2CN2CCN(c3ccc([C]=O)cc3)CC2)s1. The van der Waals surface area contributed by atoms with Gasteiger partial charge in [-0.15, -0.1) is 11.3 Å². The van der Waals surface area contributed by atoms with Crippen molar-refractivity contribution >= 4 is 23.3 Å². The highest BCUT2D eigenvalue weighted by molar-refractivity contribution is 7.15. The second-order valence-corrected chi connectivity index (χ2v) is 8.27. The van der Waals surface area contributed by atoms with E-state index in [9.17, 15) is 4.79 Å². The summed E-state index contributed by atoms with van der Waals surface area (Å²) in [6.07, 6.45) is 1.94.